The summed E-state index contributed by atoms with van der Waals surface area (Å²) in [4.78, 5) is 0. The van der Waals surface area contributed by atoms with Crippen molar-refractivity contribution in [1.82, 2.24) is 4.57 Å². The number of hydrogen-bond acceptors (Lipinski definition) is 3. The van der Waals surface area contributed by atoms with Crippen LogP contribution in [0.15, 0.2) is 12.4 Å². The van der Waals surface area contributed by atoms with Gasteiger partial charge in [0.2, 0.25) is 0 Å². The van der Waals surface area contributed by atoms with Gasteiger partial charge in [-0.15, -0.1) is 0 Å². The highest BCUT2D eigenvalue weighted by atomic mass is 32.2. The molecule has 0 N–H and O–H groups in total. The van der Waals surface area contributed by atoms with Gasteiger partial charge >= 0.3 is 0 Å². The first-order chi connectivity index (χ1) is 6.90. The van der Waals surface area contributed by atoms with E-state index in [2.05, 4.69) is 0 Å². The van der Waals surface area contributed by atoms with Gasteiger partial charge in [-0.3, -0.25) is 0 Å². The van der Waals surface area contributed by atoms with E-state index < -0.39 is 10.1 Å². The van der Waals surface area contributed by atoms with E-state index in [-0.39, 0.29) is 5.75 Å². The summed E-state index contributed by atoms with van der Waals surface area (Å²) in [5, 5.41) is 0. The van der Waals surface area contributed by atoms with Crippen molar-refractivity contribution in [3.8, 4) is 0 Å². The van der Waals surface area contributed by atoms with E-state index in [1.54, 1.807) is 0 Å². The fourth-order valence-corrected chi connectivity index (χ4v) is 1.95. The van der Waals surface area contributed by atoms with Crippen molar-refractivity contribution in [3.63, 3.8) is 0 Å². The fraction of sp³-hybridized carbons (Fsp3) is 0.667. The molecule has 0 saturated carbocycles. The molecule has 1 aromatic heterocycles. The molecule has 15 heavy (non-hydrogen) atoms. The summed E-state index contributed by atoms with van der Waals surface area (Å²) < 4.78 is 35.1. The monoisotopic (exact) mass is 232 g/mol. The van der Waals surface area contributed by atoms with Crippen LogP contribution in [-0.4, -0.2) is 23.3 Å². The molecule has 5 nitrogen and oxygen atoms in total. The molecule has 1 aromatic rings. The highest BCUT2D eigenvalue weighted by Gasteiger charge is 2.07. The van der Waals surface area contributed by atoms with Crippen LogP contribution in [-0.2, 0) is 23.7 Å². The van der Waals surface area contributed by atoms with Crippen molar-refractivity contribution in [2.24, 2.45) is 7.05 Å². The van der Waals surface area contributed by atoms with Gasteiger partial charge in [0.25, 0.3) is 5.82 Å². The van der Waals surface area contributed by atoms with Gasteiger partial charge in [0.15, 0.2) is 0 Å². The Morgan fingerprint density at radius 3 is 2.60 bits per heavy atom. The third-order valence-corrected chi connectivity index (χ3v) is 3.23. The van der Waals surface area contributed by atoms with Gasteiger partial charge in [0.05, 0.1) is 23.7 Å². The number of imidazole rings is 1. The highest BCUT2D eigenvalue weighted by molar-refractivity contribution is 7.85. The molecule has 0 spiro atoms. The normalized spacial score (nSPS) is 11.9. The Morgan fingerprint density at radius 1 is 1.47 bits per heavy atom. The lowest BCUT2D eigenvalue weighted by molar-refractivity contribution is -0.702. The molecule has 0 radical (unpaired) electrons. The van der Waals surface area contributed by atoms with Crippen LogP contribution in [0.1, 0.15) is 18.7 Å². The minimum Gasteiger partial charge on any atom is -0.748 e. The van der Waals surface area contributed by atoms with Crippen LogP contribution in [0.25, 0.3) is 0 Å². The number of rotatable bonds is 5. The quantitative estimate of drug-likeness (QED) is 0.406. The molecular formula is C9H16N2O3S. The first-order valence-electron chi connectivity index (χ1n) is 4.85. The Hall–Kier alpha value is -0.880. The molecule has 0 aromatic carbocycles. The third-order valence-electron chi connectivity index (χ3n) is 2.44. The van der Waals surface area contributed by atoms with Crippen LogP contribution in [0.4, 0.5) is 0 Å². The zero-order valence-corrected chi connectivity index (χ0v) is 9.83. The van der Waals surface area contributed by atoms with Crippen molar-refractivity contribution in [2.45, 2.75) is 26.3 Å². The van der Waals surface area contributed by atoms with E-state index >= 15 is 0 Å². The van der Waals surface area contributed by atoms with Gasteiger partial charge in [-0.1, -0.05) is 0 Å². The van der Waals surface area contributed by atoms with E-state index in [1.165, 1.54) is 0 Å². The second-order valence-electron chi connectivity index (χ2n) is 3.62. The van der Waals surface area contributed by atoms with Crippen molar-refractivity contribution in [3.05, 3.63) is 18.2 Å². The maximum atomic E-state index is 10.3. The van der Waals surface area contributed by atoms with Crippen LogP contribution >= 0.6 is 0 Å². The molecular weight excluding hydrogens is 216 g/mol. The summed E-state index contributed by atoms with van der Waals surface area (Å²) in [6.07, 6.45) is 5.02. The number of hydrogen-bond donors (Lipinski definition) is 0. The molecule has 1 rings (SSSR count). The molecule has 1 heterocycles. The van der Waals surface area contributed by atoms with Crippen molar-refractivity contribution in [2.75, 3.05) is 5.75 Å². The van der Waals surface area contributed by atoms with E-state index in [0.717, 1.165) is 12.4 Å². The maximum absolute atomic E-state index is 10.3. The van der Waals surface area contributed by atoms with Gasteiger partial charge in [0.1, 0.15) is 12.4 Å². The van der Waals surface area contributed by atoms with Gasteiger partial charge in [-0.2, -0.15) is 0 Å². The summed E-state index contributed by atoms with van der Waals surface area (Å²) >= 11 is 0. The van der Waals surface area contributed by atoms with Crippen molar-refractivity contribution < 1.29 is 17.5 Å². The summed E-state index contributed by atoms with van der Waals surface area (Å²) in [6.45, 7) is 2.74. The number of aryl methyl sites for hydroxylation is 2. The highest BCUT2D eigenvalue weighted by Crippen LogP contribution is 1.96. The summed E-state index contributed by atoms with van der Waals surface area (Å²) in [6, 6.07) is 0. The number of unbranched alkanes of at least 4 members (excludes halogenated alkanes) is 1. The predicted molar refractivity (Wildman–Crippen MR) is 54.1 cm³/mol. The van der Waals surface area contributed by atoms with E-state index in [0.29, 0.717) is 12.8 Å². The van der Waals surface area contributed by atoms with E-state index in [4.69, 9.17) is 0 Å². The second kappa shape index (κ2) is 4.76. The lowest BCUT2D eigenvalue weighted by Gasteiger charge is -2.05. The molecule has 86 valence electrons. The van der Waals surface area contributed by atoms with E-state index in [1.807, 2.05) is 35.5 Å². The topological polar surface area (TPSA) is 66.0 Å². The lowest BCUT2D eigenvalue weighted by atomic mass is 10.3. The smallest absolute Gasteiger partial charge is 0.253 e. The average molecular weight is 232 g/mol. The molecule has 0 atom stereocenters. The second-order valence-corrected chi connectivity index (χ2v) is 5.14. The molecule has 0 unspecified atom stereocenters. The van der Waals surface area contributed by atoms with E-state index in [9.17, 15) is 13.0 Å². The van der Waals surface area contributed by atoms with Gasteiger partial charge < -0.3 is 4.55 Å². The van der Waals surface area contributed by atoms with Crippen LogP contribution in [0.3, 0.4) is 0 Å². The Labute approximate surface area is 90.1 Å². The molecule has 0 saturated heterocycles. The SMILES string of the molecule is Cc1n(C)cc[n+]1CCCCS(=O)(=O)[O-]. The first-order valence-corrected chi connectivity index (χ1v) is 6.43. The Morgan fingerprint density at radius 2 is 2.13 bits per heavy atom. The molecule has 0 aliphatic rings. The largest absolute Gasteiger partial charge is 0.748 e. The first kappa shape index (κ1) is 12.2. The Bertz CT molecular complexity index is 423. The molecule has 0 amide bonds. The molecule has 0 aliphatic heterocycles. The van der Waals surface area contributed by atoms with Crippen LogP contribution in [0.5, 0.6) is 0 Å². The predicted octanol–water partition coefficient (Wildman–Crippen LogP) is -0.0536. The number of nitrogens with zero attached hydrogens (tertiary/aromatic N) is 2. The zero-order chi connectivity index (χ0) is 11.5. The third kappa shape index (κ3) is 4.01. The van der Waals surface area contributed by atoms with Crippen LogP contribution < -0.4 is 4.57 Å². The molecule has 0 bridgehead atoms. The fourth-order valence-electron chi connectivity index (χ4n) is 1.40. The van der Waals surface area contributed by atoms with Gasteiger partial charge in [-0.25, -0.2) is 17.6 Å². The molecule has 0 aliphatic carbocycles. The Balaban J connectivity index is 2.36. The molecule has 6 heteroatoms. The van der Waals surface area contributed by atoms with Crippen molar-refractivity contribution in [1.29, 1.82) is 0 Å². The standard InChI is InChI=1S/C9H16N2O3S/c1-9-10(2)6-7-11(9)5-3-4-8-15(12,13)14/h6-7H,3-5,8H2,1-2H3. The van der Waals surface area contributed by atoms with Crippen LogP contribution in [0, 0.1) is 6.92 Å². The summed E-state index contributed by atoms with van der Waals surface area (Å²) in [5.74, 6) is 0.847. The van der Waals surface area contributed by atoms with Crippen molar-refractivity contribution >= 4 is 10.1 Å². The molecule has 0 fully saturated rings. The number of aromatic nitrogens is 2. The summed E-state index contributed by atoms with van der Waals surface area (Å²) in [7, 11) is -2.10. The minimum atomic E-state index is -4.05. The summed E-state index contributed by atoms with van der Waals surface area (Å²) in [5.41, 5.74) is 0. The van der Waals surface area contributed by atoms with Gasteiger partial charge in [-0.05, 0) is 12.8 Å². The minimum absolute atomic E-state index is 0.264. The van der Waals surface area contributed by atoms with Gasteiger partial charge in [0, 0.05) is 12.7 Å². The lowest BCUT2D eigenvalue weighted by Crippen LogP contribution is -2.35. The average Bonchev–Trinajstić information content (AvgIpc) is 2.42. The Kier molecular flexibility index (Phi) is 3.87. The van der Waals surface area contributed by atoms with Crippen LogP contribution in [0.2, 0.25) is 0 Å². The zero-order valence-electron chi connectivity index (χ0n) is 9.01. The maximum Gasteiger partial charge on any atom is 0.253 e.